The fourth-order valence-corrected chi connectivity index (χ4v) is 4.39. The summed E-state index contributed by atoms with van der Waals surface area (Å²) in [6.45, 7) is 0. The van der Waals surface area contributed by atoms with Crippen LogP contribution in [0.2, 0.25) is 10.0 Å². The number of hydrogen-bond donors (Lipinski definition) is 1. The van der Waals surface area contributed by atoms with Crippen LogP contribution in [0.3, 0.4) is 0 Å². The number of pyridine rings is 2. The lowest BCUT2D eigenvalue weighted by atomic mass is 9.93. The summed E-state index contributed by atoms with van der Waals surface area (Å²) < 4.78 is 7.12. The van der Waals surface area contributed by atoms with Crippen molar-refractivity contribution in [2.45, 2.75) is 25.3 Å². The first-order valence-corrected chi connectivity index (χ1v) is 11.6. The quantitative estimate of drug-likeness (QED) is 0.403. The van der Waals surface area contributed by atoms with Crippen LogP contribution in [0.5, 0.6) is 5.88 Å². The molecule has 1 unspecified atom stereocenters. The second kappa shape index (κ2) is 9.44. The molecule has 1 aliphatic rings. The molecule has 0 radical (unpaired) electrons. The molecular formula is C25H21Cl2N5O2. The zero-order valence-corrected chi connectivity index (χ0v) is 19.8. The van der Waals surface area contributed by atoms with Gasteiger partial charge in [-0.05, 0) is 60.7 Å². The number of nitrogens with one attached hydrogen (secondary N) is 1. The van der Waals surface area contributed by atoms with Crippen molar-refractivity contribution in [2.75, 3.05) is 7.11 Å². The van der Waals surface area contributed by atoms with E-state index in [9.17, 15) is 4.79 Å². The summed E-state index contributed by atoms with van der Waals surface area (Å²) in [4.78, 5) is 21.4. The van der Waals surface area contributed by atoms with Crippen LogP contribution < -0.4 is 10.1 Å². The van der Waals surface area contributed by atoms with Gasteiger partial charge in [0.05, 0.1) is 34.1 Å². The lowest BCUT2D eigenvalue weighted by molar-refractivity contribution is -0.117. The summed E-state index contributed by atoms with van der Waals surface area (Å²) in [6, 6.07) is 10.8. The number of amides is 1. The van der Waals surface area contributed by atoms with Crippen LogP contribution in [0, 0.1) is 0 Å². The molecule has 7 nitrogen and oxygen atoms in total. The summed E-state index contributed by atoms with van der Waals surface area (Å²) in [7, 11) is 1.59. The molecule has 3 heterocycles. The molecule has 3 aromatic heterocycles. The predicted molar refractivity (Wildman–Crippen MR) is 133 cm³/mol. The highest BCUT2D eigenvalue weighted by molar-refractivity contribution is 6.42. The Hall–Kier alpha value is -3.42. The first-order valence-electron chi connectivity index (χ1n) is 10.8. The van der Waals surface area contributed by atoms with Gasteiger partial charge in [0.1, 0.15) is 5.52 Å². The Balaban J connectivity index is 1.31. The third-order valence-corrected chi connectivity index (χ3v) is 6.52. The van der Waals surface area contributed by atoms with E-state index in [1.807, 2.05) is 29.1 Å². The molecule has 1 amide bonds. The fraction of sp³-hybridized carbons (Fsp3) is 0.200. The van der Waals surface area contributed by atoms with Crippen molar-refractivity contribution in [2.24, 2.45) is 0 Å². The highest BCUT2D eigenvalue weighted by Crippen LogP contribution is 2.26. The lowest BCUT2D eigenvalue weighted by Crippen LogP contribution is -2.37. The fourth-order valence-electron chi connectivity index (χ4n) is 4.08. The van der Waals surface area contributed by atoms with Crippen LogP contribution in [0.15, 0.2) is 54.9 Å². The molecule has 1 N–H and O–H groups in total. The third-order valence-electron chi connectivity index (χ3n) is 5.78. The number of carbonyl (C=O) groups is 1. The van der Waals surface area contributed by atoms with E-state index >= 15 is 0 Å². The number of aromatic nitrogens is 4. The van der Waals surface area contributed by atoms with E-state index in [1.165, 1.54) is 6.08 Å². The average Bonchev–Trinajstić information content (AvgIpc) is 3.27. The number of hydrogen-bond acceptors (Lipinski definition) is 5. The Kier molecular flexibility index (Phi) is 6.22. The van der Waals surface area contributed by atoms with Crippen LogP contribution in [0.1, 0.15) is 23.2 Å². The Labute approximate surface area is 206 Å². The zero-order valence-electron chi connectivity index (χ0n) is 18.3. The minimum atomic E-state index is -0.150. The van der Waals surface area contributed by atoms with Crippen molar-refractivity contribution in [3.05, 3.63) is 81.7 Å². The van der Waals surface area contributed by atoms with Gasteiger partial charge in [0.15, 0.2) is 0 Å². The average molecular weight is 494 g/mol. The van der Waals surface area contributed by atoms with E-state index in [0.717, 1.165) is 46.4 Å². The number of benzene rings is 1. The largest absolute Gasteiger partial charge is 0.481 e. The van der Waals surface area contributed by atoms with E-state index < -0.39 is 0 Å². The first kappa shape index (κ1) is 22.4. The highest BCUT2D eigenvalue weighted by Gasteiger charge is 2.23. The molecule has 0 aliphatic heterocycles. The summed E-state index contributed by atoms with van der Waals surface area (Å²) in [5, 5.41) is 8.82. The number of rotatable bonds is 5. The van der Waals surface area contributed by atoms with Crippen LogP contribution in [-0.2, 0) is 17.6 Å². The maximum Gasteiger partial charge on any atom is 0.244 e. The summed E-state index contributed by atoms with van der Waals surface area (Å²) in [5.74, 6) is 0.374. The van der Waals surface area contributed by atoms with Crippen molar-refractivity contribution >= 4 is 46.2 Å². The Bertz CT molecular complexity index is 1420. The molecule has 34 heavy (non-hydrogen) atoms. The Morgan fingerprint density at radius 1 is 1.21 bits per heavy atom. The number of methoxy groups -OCH3 is 1. The highest BCUT2D eigenvalue weighted by atomic mass is 35.5. The van der Waals surface area contributed by atoms with Gasteiger partial charge < -0.3 is 10.1 Å². The maximum absolute atomic E-state index is 12.5. The molecule has 0 fully saturated rings. The van der Waals surface area contributed by atoms with E-state index in [2.05, 4.69) is 15.3 Å². The van der Waals surface area contributed by atoms with Gasteiger partial charge in [-0.1, -0.05) is 29.3 Å². The molecule has 4 aromatic rings. The first-order chi connectivity index (χ1) is 16.5. The lowest BCUT2D eigenvalue weighted by Gasteiger charge is -2.21. The summed E-state index contributed by atoms with van der Waals surface area (Å²) in [6.07, 6.45) is 9.30. The molecule has 0 saturated carbocycles. The molecule has 0 spiro atoms. The van der Waals surface area contributed by atoms with Gasteiger partial charge in [0, 0.05) is 30.6 Å². The van der Waals surface area contributed by atoms with Gasteiger partial charge in [-0.25, -0.2) is 9.67 Å². The van der Waals surface area contributed by atoms with E-state index in [0.29, 0.717) is 22.3 Å². The zero-order chi connectivity index (χ0) is 23.7. The number of halogens is 2. The number of fused-ring (bicyclic) bond motifs is 2. The van der Waals surface area contributed by atoms with Gasteiger partial charge in [-0.15, -0.1) is 0 Å². The minimum Gasteiger partial charge on any atom is -0.481 e. The Morgan fingerprint density at radius 3 is 2.91 bits per heavy atom. The van der Waals surface area contributed by atoms with Gasteiger partial charge in [-0.3, -0.25) is 9.78 Å². The van der Waals surface area contributed by atoms with Gasteiger partial charge in [-0.2, -0.15) is 5.10 Å². The third kappa shape index (κ3) is 4.62. The van der Waals surface area contributed by atoms with Crippen LogP contribution in [0.4, 0.5) is 0 Å². The number of aryl methyl sites for hydroxylation is 1. The molecule has 1 aromatic carbocycles. The van der Waals surface area contributed by atoms with Crippen LogP contribution in [-0.4, -0.2) is 38.8 Å². The molecule has 0 saturated heterocycles. The monoisotopic (exact) mass is 493 g/mol. The van der Waals surface area contributed by atoms with Crippen LogP contribution >= 0.6 is 23.2 Å². The smallest absolute Gasteiger partial charge is 0.244 e. The van der Waals surface area contributed by atoms with Crippen molar-refractivity contribution in [3.63, 3.8) is 0 Å². The summed E-state index contributed by atoms with van der Waals surface area (Å²) in [5.41, 5.74) is 5.28. The van der Waals surface area contributed by atoms with E-state index in [1.54, 1.807) is 37.6 Å². The minimum absolute atomic E-state index is 0.0310. The SMILES string of the molecule is COc1ccc2nccc(-n3cc4c(n3)CCC(NC(=O)/C=C/c3ccc(Cl)c(Cl)c3)C4)c2n1. The normalized spacial score (nSPS) is 15.4. The van der Waals surface area contributed by atoms with Crippen molar-refractivity contribution in [1.29, 1.82) is 0 Å². The predicted octanol–water partition coefficient (Wildman–Crippen LogP) is 4.82. The molecule has 0 bridgehead atoms. The van der Waals surface area contributed by atoms with Crippen LogP contribution in [0.25, 0.3) is 22.8 Å². The van der Waals surface area contributed by atoms with Crippen molar-refractivity contribution < 1.29 is 9.53 Å². The second-order valence-corrected chi connectivity index (χ2v) is 8.87. The maximum atomic E-state index is 12.5. The molecule has 5 rings (SSSR count). The van der Waals surface area contributed by atoms with Crippen molar-refractivity contribution in [3.8, 4) is 11.6 Å². The standard InChI is InChI=1S/C25H21Cl2N5O2/c1-34-24-9-7-21-25(30-24)22(10-11-28-21)32-14-16-13-17(4-6-20(16)31-32)29-23(33)8-3-15-2-5-18(26)19(27)12-15/h2-3,5,7-12,14,17H,4,6,13H2,1H3,(H,29,33)/b8-3+. The number of carbonyl (C=O) groups excluding carboxylic acids is 1. The molecular weight excluding hydrogens is 473 g/mol. The molecule has 1 aliphatic carbocycles. The van der Waals surface area contributed by atoms with Gasteiger partial charge in [0.2, 0.25) is 11.8 Å². The number of nitrogens with zero attached hydrogens (tertiary/aromatic N) is 4. The topological polar surface area (TPSA) is 81.9 Å². The molecule has 9 heteroatoms. The number of ether oxygens (including phenoxy) is 1. The second-order valence-electron chi connectivity index (χ2n) is 8.05. The van der Waals surface area contributed by atoms with E-state index in [4.69, 9.17) is 33.0 Å². The van der Waals surface area contributed by atoms with Gasteiger partial charge in [0.25, 0.3) is 0 Å². The summed E-state index contributed by atoms with van der Waals surface area (Å²) >= 11 is 12.0. The molecule has 172 valence electrons. The van der Waals surface area contributed by atoms with Crippen molar-refractivity contribution in [1.82, 2.24) is 25.1 Å². The molecule has 1 atom stereocenters. The van der Waals surface area contributed by atoms with E-state index in [-0.39, 0.29) is 11.9 Å². The Morgan fingerprint density at radius 2 is 2.09 bits per heavy atom. The van der Waals surface area contributed by atoms with Gasteiger partial charge >= 0.3 is 0 Å².